The standard InChI is InChI=1S/C22H25N3O7/c1-12-17(20(26)24-10-6-9-16(24)21(27)31-3)19(18(13(2)23-12)22(28)32-4)14-7-5-8-15(11-14)25(29)30/h5,7-8,11,16,19,23H,6,9-10H2,1-4H3/t16-,19-/m0/s1. The minimum absolute atomic E-state index is 0.166. The molecule has 2 heterocycles. The maximum absolute atomic E-state index is 13.7. The van der Waals surface area contributed by atoms with Crippen LogP contribution in [0.2, 0.25) is 0 Å². The number of non-ortho nitro benzene ring substituents is 1. The Labute approximate surface area is 185 Å². The lowest BCUT2D eigenvalue weighted by molar-refractivity contribution is -0.384. The Bertz CT molecular complexity index is 1040. The van der Waals surface area contributed by atoms with E-state index >= 15 is 0 Å². The molecule has 2 aliphatic rings. The van der Waals surface area contributed by atoms with Crippen molar-refractivity contribution < 1.29 is 28.8 Å². The quantitative estimate of drug-likeness (QED) is 0.417. The lowest BCUT2D eigenvalue weighted by atomic mass is 9.79. The molecule has 170 valence electrons. The number of nitro benzene ring substituents is 1. The average Bonchev–Trinajstić information content (AvgIpc) is 3.27. The highest BCUT2D eigenvalue weighted by molar-refractivity contribution is 6.03. The number of methoxy groups -OCH3 is 2. The largest absolute Gasteiger partial charge is 0.467 e. The Balaban J connectivity index is 2.16. The van der Waals surface area contributed by atoms with Crippen LogP contribution in [0, 0.1) is 10.1 Å². The van der Waals surface area contributed by atoms with Gasteiger partial charge < -0.3 is 19.7 Å². The van der Waals surface area contributed by atoms with Crippen LogP contribution in [0.5, 0.6) is 0 Å². The van der Waals surface area contributed by atoms with Crippen molar-refractivity contribution in [2.45, 2.75) is 38.6 Å². The smallest absolute Gasteiger partial charge is 0.336 e. The van der Waals surface area contributed by atoms with Crippen LogP contribution in [0.3, 0.4) is 0 Å². The van der Waals surface area contributed by atoms with Crippen LogP contribution in [0.1, 0.15) is 38.2 Å². The van der Waals surface area contributed by atoms with Crippen molar-refractivity contribution in [1.29, 1.82) is 0 Å². The Morgan fingerprint density at radius 2 is 1.81 bits per heavy atom. The molecule has 1 N–H and O–H groups in total. The fraction of sp³-hybridized carbons (Fsp3) is 0.409. The first-order valence-electron chi connectivity index (χ1n) is 10.1. The fourth-order valence-electron chi connectivity index (χ4n) is 4.35. The third-order valence-corrected chi connectivity index (χ3v) is 5.80. The zero-order valence-electron chi connectivity index (χ0n) is 18.3. The summed E-state index contributed by atoms with van der Waals surface area (Å²) in [6, 6.07) is 5.08. The van der Waals surface area contributed by atoms with Gasteiger partial charge in [-0.05, 0) is 32.3 Å². The van der Waals surface area contributed by atoms with Gasteiger partial charge in [-0.1, -0.05) is 12.1 Å². The van der Waals surface area contributed by atoms with E-state index in [-0.39, 0.29) is 16.8 Å². The first-order valence-corrected chi connectivity index (χ1v) is 10.1. The van der Waals surface area contributed by atoms with Crippen molar-refractivity contribution in [2.75, 3.05) is 20.8 Å². The van der Waals surface area contributed by atoms with Crippen molar-refractivity contribution in [3.63, 3.8) is 0 Å². The van der Waals surface area contributed by atoms with Gasteiger partial charge in [0.2, 0.25) is 0 Å². The number of rotatable bonds is 5. The number of benzene rings is 1. The van der Waals surface area contributed by atoms with Crippen LogP contribution in [0.25, 0.3) is 0 Å². The van der Waals surface area contributed by atoms with Gasteiger partial charge in [0.05, 0.1) is 30.6 Å². The molecule has 1 amide bonds. The summed E-state index contributed by atoms with van der Waals surface area (Å²) in [5.41, 5.74) is 1.61. The van der Waals surface area contributed by atoms with E-state index in [1.807, 2.05) is 0 Å². The maximum Gasteiger partial charge on any atom is 0.336 e. The third-order valence-electron chi connectivity index (χ3n) is 5.80. The number of carbonyl (C=O) groups excluding carboxylic acids is 3. The van der Waals surface area contributed by atoms with Gasteiger partial charge in [0.25, 0.3) is 11.6 Å². The van der Waals surface area contributed by atoms with E-state index in [1.54, 1.807) is 19.9 Å². The summed E-state index contributed by atoms with van der Waals surface area (Å²) in [6.45, 7) is 3.72. The summed E-state index contributed by atoms with van der Waals surface area (Å²) in [6.07, 6.45) is 1.10. The molecule has 0 spiro atoms. The molecule has 1 aromatic rings. The number of nitrogens with zero attached hydrogens (tertiary/aromatic N) is 2. The summed E-state index contributed by atoms with van der Waals surface area (Å²) < 4.78 is 9.82. The summed E-state index contributed by atoms with van der Waals surface area (Å²) in [4.78, 5) is 50.9. The van der Waals surface area contributed by atoms with Gasteiger partial charge in [0, 0.05) is 35.6 Å². The predicted molar refractivity (Wildman–Crippen MR) is 113 cm³/mol. The highest BCUT2D eigenvalue weighted by Crippen LogP contribution is 2.41. The average molecular weight is 443 g/mol. The summed E-state index contributed by atoms with van der Waals surface area (Å²) >= 11 is 0. The van der Waals surface area contributed by atoms with Gasteiger partial charge in [-0.25, -0.2) is 9.59 Å². The molecule has 2 aliphatic heterocycles. The summed E-state index contributed by atoms with van der Waals surface area (Å²) in [7, 11) is 2.50. The molecule has 10 nitrogen and oxygen atoms in total. The van der Waals surface area contributed by atoms with Gasteiger partial charge >= 0.3 is 11.9 Å². The van der Waals surface area contributed by atoms with E-state index in [9.17, 15) is 24.5 Å². The van der Waals surface area contributed by atoms with Crippen molar-refractivity contribution in [3.8, 4) is 0 Å². The molecule has 0 aromatic heterocycles. The van der Waals surface area contributed by atoms with E-state index in [0.717, 1.165) is 0 Å². The molecule has 3 rings (SSSR count). The maximum atomic E-state index is 13.7. The molecule has 0 saturated carbocycles. The van der Waals surface area contributed by atoms with Crippen molar-refractivity contribution >= 4 is 23.5 Å². The van der Waals surface area contributed by atoms with Crippen molar-refractivity contribution in [2.24, 2.45) is 0 Å². The number of likely N-dealkylation sites (tertiary alicyclic amines) is 1. The van der Waals surface area contributed by atoms with E-state index in [0.29, 0.717) is 36.3 Å². The fourth-order valence-corrected chi connectivity index (χ4v) is 4.35. The molecule has 1 fully saturated rings. The lowest BCUT2D eigenvalue weighted by Gasteiger charge is -2.33. The third kappa shape index (κ3) is 4.08. The van der Waals surface area contributed by atoms with E-state index in [4.69, 9.17) is 9.47 Å². The van der Waals surface area contributed by atoms with Gasteiger partial charge in [-0.15, -0.1) is 0 Å². The molecule has 1 aromatic carbocycles. The zero-order chi connectivity index (χ0) is 23.6. The highest BCUT2D eigenvalue weighted by Gasteiger charge is 2.43. The predicted octanol–water partition coefficient (Wildman–Crippen LogP) is 2.17. The van der Waals surface area contributed by atoms with Crippen LogP contribution in [-0.2, 0) is 23.9 Å². The Morgan fingerprint density at radius 3 is 2.44 bits per heavy atom. The number of nitrogens with one attached hydrogen (secondary N) is 1. The van der Waals surface area contributed by atoms with E-state index < -0.39 is 34.7 Å². The van der Waals surface area contributed by atoms with Crippen molar-refractivity contribution in [1.82, 2.24) is 10.2 Å². The van der Waals surface area contributed by atoms with E-state index in [1.165, 1.54) is 37.3 Å². The Kier molecular flexibility index (Phi) is 6.61. The number of esters is 2. The molecule has 0 bridgehead atoms. The Morgan fingerprint density at radius 1 is 1.12 bits per heavy atom. The molecule has 1 saturated heterocycles. The molecule has 0 radical (unpaired) electrons. The molecule has 2 atom stereocenters. The van der Waals surface area contributed by atoms with Gasteiger partial charge in [-0.2, -0.15) is 0 Å². The lowest BCUT2D eigenvalue weighted by Crippen LogP contribution is -2.44. The van der Waals surface area contributed by atoms with Gasteiger partial charge in [0.1, 0.15) is 6.04 Å². The summed E-state index contributed by atoms with van der Waals surface area (Å²) in [5, 5.41) is 14.4. The molecular weight excluding hydrogens is 418 g/mol. The van der Waals surface area contributed by atoms with Crippen LogP contribution >= 0.6 is 0 Å². The molecule has 0 unspecified atom stereocenters. The molecular formula is C22H25N3O7. The Hall–Kier alpha value is -3.69. The minimum Gasteiger partial charge on any atom is -0.467 e. The second-order valence-corrected chi connectivity index (χ2v) is 7.66. The van der Waals surface area contributed by atoms with Gasteiger partial charge in [0.15, 0.2) is 0 Å². The van der Waals surface area contributed by atoms with Crippen LogP contribution in [-0.4, -0.2) is 54.5 Å². The monoisotopic (exact) mass is 443 g/mol. The summed E-state index contributed by atoms with van der Waals surface area (Å²) in [5.74, 6) is -2.51. The number of dihydropyridines is 1. The minimum atomic E-state index is -0.907. The SMILES string of the molecule is COC(=O)C1=C(C)NC(C)=C(C(=O)N2CCC[C@H]2C(=O)OC)[C@@H]1c1cccc([N+](=O)[O-])c1. The zero-order valence-corrected chi connectivity index (χ0v) is 18.3. The number of ether oxygens (including phenoxy) is 2. The normalized spacial score (nSPS) is 20.7. The number of hydrogen-bond acceptors (Lipinski definition) is 8. The second-order valence-electron chi connectivity index (χ2n) is 7.66. The number of carbonyl (C=O) groups is 3. The van der Waals surface area contributed by atoms with E-state index in [2.05, 4.69) is 5.32 Å². The number of allylic oxidation sites excluding steroid dienone is 2. The second kappa shape index (κ2) is 9.21. The number of amides is 1. The van der Waals surface area contributed by atoms with Crippen LogP contribution < -0.4 is 5.32 Å². The van der Waals surface area contributed by atoms with Crippen LogP contribution in [0.4, 0.5) is 5.69 Å². The number of hydrogen-bond donors (Lipinski definition) is 1. The molecule has 0 aliphatic carbocycles. The molecule has 32 heavy (non-hydrogen) atoms. The molecule has 10 heteroatoms. The topological polar surface area (TPSA) is 128 Å². The van der Waals surface area contributed by atoms with Gasteiger partial charge in [-0.3, -0.25) is 14.9 Å². The van der Waals surface area contributed by atoms with Crippen LogP contribution in [0.15, 0.2) is 46.8 Å². The van der Waals surface area contributed by atoms with Crippen molar-refractivity contribution in [3.05, 3.63) is 62.5 Å². The first kappa shape index (κ1) is 23.0. The number of nitro groups is 1. The highest BCUT2D eigenvalue weighted by atomic mass is 16.6. The first-order chi connectivity index (χ1) is 15.2.